The number of benzene rings is 3. The smallest absolute Gasteiger partial charge is 0.335 e. The van der Waals surface area contributed by atoms with Gasteiger partial charge in [-0.3, -0.25) is 0 Å². The summed E-state index contributed by atoms with van der Waals surface area (Å²) in [6.45, 7) is 7.02. The van der Waals surface area contributed by atoms with E-state index in [1.807, 2.05) is 38.1 Å². The van der Waals surface area contributed by atoms with Crippen molar-refractivity contribution >= 4 is 5.97 Å². The number of aromatic carboxylic acids is 1. The second-order valence-corrected chi connectivity index (χ2v) is 8.53. The van der Waals surface area contributed by atoms with Crippen LogP contribution in [0, 0.1) is 6.92 Å². The number of nitrogens with one attached hydrogen (secondary N) is 1. The van der Waals surface area contributed by atoms with Gasteiger partial charge in [-0.2, -0.15) is 0 Å². The van der Waals surface area contributed by atoms with Crippen molar-refractivity contribution in [1.29, 1.82) is 0 Å². The fourth-order valence-electron chi connectivity index (χ4n) is 4.02. The fraction of sp³-hybridized carbons (Fsp3) is 0.321. The summed E-state index contributed by atoms with van der Waals surface area (Å²) in [5.41, 5.74) is 5.25. The van der Waals surface area contributed by atoms with Crippen LogP contribution in [0.15, 0.2) is 60.7 Å². The Morgan fingerprint density at radius 2 is 1.74 bits per heavy atom. The number of carbonyl (C=O) groups is 1. The van der Waals surface area contributed by atoms with Crippen LogP contribution in [0.2, 0.25) is 0 Å². The number of phenolic OH excluding ortho intramolecular Hbond substituents is 1. The third kappa shape index (κ3) is 6.37. The number of carboxylic acids is 1. The number of aliphatic hydroxyl groups excluding tert-OH is 1. The van der Waals surface area contributed by atoms with Gasteiger partial charge >= 0.3 is 5.97 Å². The van der Waals surface area contributed by atoms with Gasteiger partial charge in [-0.15, -0.1) is 0 Å². The molecule has 2 atom stereocenters. The van der Waals surface area contributed by atoms with Crippen LogP contribution in [0.5, 0.6) is 11.5 Å². The van der Waals surface area contributed by atoms with Gasteiger partial charge in [-0.25, -0.2) is 4.79 Å². The zero-order valence-corrected chi connectivity index (χ0v) is 19.9. The van der Waals surface area contributed by atoms with Crippen LogP contribution < -0.4 is 10.1 Å². The Hall–Kier alpha value is -3.35. The van der Waals surface area contributed by atoms with Gasteiger partial charge in [-0.1, -0.05) is 37.6 Å². The van der Waals surface area contributed by atoms with Gasteiger partial charge in [0.25, 0.3) is 0 Å². The number of aromatic hydroxyl groups is 1. The number of carboxylic acid groups (broad SMARTS) is 1. The van der Waals surface area contributed by atoms with E-state index in [1.54, 1.807) is 36.4 Å². The molecule has 0 aliphatic rings. The van der Waals surface area contributed by atoms with Crippen molar-refractivity contribution in [2.24, 2.45) is 0 Å². The summed E-state index contributed by atoms with van der Waals surface area (Å²) >= 11 is 0. The number of aliphatic hydroxyl groups is 1. The summed E-state index contributed by atoms with van der Waals surface area (Å²) in [4.78, 5) is 11.4. The SMILES string of the molecule is CCCc1cc(C(=O)O)ccc1-c1ccc(OCCN[C@@H](C)[C@H](O)c2ccc(O)cc2)cc1C. The Bertz CT molecular complexity index is 1110. The van der Waals surface area contributed by atoms with E-state index in [4.69, 9.17) is 4.74 Å². The Balaban J connectivity index is 1.59. The van der Waals surface area contributed by atoms with Crippen LogP contribution in [-0.2, 0) is 6.42 Å². The highest BCUT2D eigenvalue weighted by molar-refractivity contribution is 5.89. The highest BCUT2D eigenvalue weighted by Crippen LogP contribution is 2.31. The molecule has 0 aliphatic carbocycles. The molecule has 0 radical (unpaired) electrons. The third-order valence-corrected chi connectivity index (χ3v) is 5.90. The van der Waals surface area contributed by atoms with E-state index in [0.717, 1.165) is 46.4 Å². The molecule has 0 saturated carbocycles. The van der Waals surface area contributed by atoms with Crippen LogP contribution in [-0.4, -0.2) is 40.5 Å². The summed E-state index contributed by atoms with van der Waals surface area (Å²) in [7, 11) is 0. The standard InChI is InChI=1S/C28H33NO5/c1-4-5-21-17-22(28(32)33)8-12-26(21)25-13-11-24(16-18(25)2)34-15-14-29-19(3)27(31)20-6-9-23(30)10-7-20/h6-13,16-17,19,27,29-31H,4-5,14-15H2,1-3H3,(H,32,33)/t19-,27-/m0/s1. The number of hydrogen-bond acceptors (Lipinski definition) is 5. The summed E-state index contributed by atoms with van der Waals surface area (Å²) in [5.74, 6) is 0.0157. The molecule has 0 amide bonds. The van der Waals surface area contributed by atoms with Gasteiger partial charge in [0.05, 0.1) is 11.7 Å². The van der Waals surface area contributed by atoms with Crippen molar-refractivity contribution in [2.75, 3.05) is 13.2 Å². The predicted octanol–water partition coefficient (Wildman–Crippen LogP) is 5.11. The molecule has 6 heteroatoms. The van der Waals surface area contributed by atoms with Crippen LogP contribution in [0.1, 0.15) is 53.4 Å². The lowest BCUT2D eigenvalue weighted by Crippen LogP contribution is -2.35. The molecule has 0 bridgehead atoms. The lowest BCUT2D eigenvalue weighted by Gasteiger charge is -2.21. The second kappa shape index (κ2) is 11.7. The molecule has 0 unspecified atom stereocenters. The fourth-order valence-corrected chi connectivity index (χ4v) is 4.02. The number of ether oxygens (including phenoxy) is 1. The molecule has 3 aromatic carbocycles. The Morgan fingerprint density at radius 3 is 2.38 bits per heavy atom. The first-order valence-corrected chi connectivity index (χ1v) is 11.6. The van der Waals surface area contributed by atoms with Gasteiger partial charge in [0.15, 0.2) is 0 Å². The van der Waals surface area contributed by atoms with Crippen LogP contribution in [0.25, 0.3) is 11.1 Å². The summed E-state index contributed by atoms with van der Waals surface area (Å²) < 4.78 is 5.90. The van der Waals surface area contributed by atoms with E-state index in [0.29, 0.717) is 18.7 Å². The first kappa shape index (κ1) is 25.3. The van der Waals surface area contributed by atoms with Gasteiger partial charge in [0.1, 0.15) is 18.1 Å². The van der Waals surface area contributed by atoms with Crippen molar-refractivity contribution in [3.63, 3.8) is 0 Å². The van der Waals surface area contributed by atoms with E-state index in [-0.39, 0.29) is 11.8 Å². The van der Waals surface area contributed by atoms with E-state index in [2.05, 4.69) is 12.2 Å². The average Bonchev–Trinajstić information content (AvgIpc) is 2.82. The lowest BCUT2D eigenvalue weighted by atomic mass is 9.92. The molecule has 3 aromatic rings. The molecular weight excluding hydrogens is 430 g/mol. The maximum absolute atomic E-state index is 11.4. The van der Waals surface area contributed by atoms with Crippen molar-refractivity contribution < 1.29 is 24.9 Å². The maximum atomic E-state index is 11.4. The minimum Gasteiger partial charge on any atom is -0.508 e. The normalized spacial score (nSPS) is 12.8. The summed E-state index contributed by atoms with van der Waals surface area (Å²) in [6.07, 6.45) is 1.06. The minimum absolute atomic E-state index is 0.171. The molecule has 0 saturated heterocycles. The van der Waals surface area contributed by atoms with Crippen LogP contribution in [0.4, 0.5) is 0 Å². The van der Waals surface area contributed by atoms with Crippen molar-refractivity contribution in [1.82, 2.24) is 5.32 Å². The molecule has 0 aliphatic heterocycles. The Morgan fingerprint density at radius 1 is 1.03 bits per heavy atom. The molecule has 180 valence electrons. The first-order valence-electron chi connectivity index (χ1n) is 11.6. The van der Waals surface area contributed by atoms with E-state index < -0.39 is 12.1 Å². The molecule has 34 heavy (non-hydrogen) atoms. The molecule has 6 nitrogen and oxygen atoms in total. The zero-order chi connectivity index (χ0) is 24.7. The number of rotatable bonds is 11. The molecular formula is C28H33NO5. The van der Waals surface area contributed by atoms with Gasteiger partial charge in [0.2, 0.25) is 0 Å². The average molecular weight is 464 g/mol. The topological polar surface area (TPSA) is 99.0 Å². The maximum Gasteiger partial charge on any atom is 0.335 e. The molecule has 0 spiro atoms. The third-order valence-electron chi connectivity index (χ3n) is 5.90. The largest absolute Gasteiger partial charge is 0.508 e. The van der Waals surface area contributed by atoms with Gasteiger partial charge in [0, 0.05) is 12.6 Å². The summed E-state index contributed by atoms with van der Waals surface area (Å²) in [5, 5.41) is 32.4. The summed E-state index contributed by atoms with van der Waals surface area (Å²) in [6, 6.07) is 17.6. The first-order chi connectivity index (χ1) is 16.3. The van der Waals surface area contributed by atoms with Gasteiger partial charge < -0.3 is 25.4 Å². The van der Waals surface area contributed by atoms with Gasteiger partial charge in [-0.05, 0) is 84.5 Å². The van der Waals surface area contributed by atoms with Crippen molar-refractivity contribution in [3.05, 3.63) is 82.9 Å². The number of aryl methyl sites for hydroxylation is 2. The highest BCUT2D eigenvalue weighted by atomic mass is 16.5. The molecule has 4 N–H and O–H groups in total. The lowest BCUT2D eigenvalue weighted by molar-refractivity contribution is 0.0696. The van der Waals surface area contributed by atoms with E-state index in [1.165, 1.54) is 0 Å². The molecule has 0 heterocycles. The Kier molecular flexibility index (Phi) is 8.68. The van der Waals surface area contributed by atoms with Crippen molar-refractivity contribution in [3.8, 4) is 22.6 Å². The van der Waals surface area contributed by atoms with E-state index in [9.17, 15) is 20.1 Å². The number of phenols is 1. The highest BCUT2D eigenvalue weighted by Gasteiger charge is 2.16. The molecule has 3 rings (SSSR count). The zero-order valence-electron chi connectivity index (χ0n) is 19.9. The monoisotopic (exact) mass is 463 g/mol. The van der Waals surface area contributed by atoms with Crippen molar-refractivity contribution in [2.45, 2.75) is 45.8 Å². The van der Waals surface area contributed by atoms with E-state index >= 15 is 0 Å². The Labute approximate surface area is 200 Å². The number of hydrogen-bond donors (Lipinski definition) is 4. The van der Waals surface area contributed by atoms with Crippen LogP contribution >= 0.6 is 0 Å². The quantitative estimate of drug-likeness (QED) is 0.295. The van der Waals surface area contributed by atoms with Crippen LogP contribution in [0.3, 0.4) is 0 Å². The predicted molar refractivity (Wildman–Crippen MR) is 134 cm³/mol. The molecule has 0 aromatic heterocycles. The second-order valence-electron chi connectivity index (χ2n) is 8.53. The minimum atomic E-state index is -0.914. The molecule has 0 fully saturated rings.